The molecular formula is C28H32N2O4S. The molecule has 3 aromatic carbocycles. The van der Waals surface area contributed by atoms with Crippen LogP contribution in [-0.4, -0.2) is 44.5 Å². The fourth-order valence-corrected chi connectivity index (χ4v) is 4.68. The summed E-state index contributed by atoms with van der Waals surface area (Å²) in [7, 11) is 4.96. The Kier molecular flexibility index (Phi) is 7.66. The molecule has 1 atom stereocenters. The van der Waals surface area contributed by atoms with Gasteiger partial charge in [-0.05, 0) is 97.2 Å². The van der Waals surface area contributed by atoms with Crippen molar-refractivity contribution >= 4 is 23.0 Å². The van der Waals surface area contributed by atoms with E-state index in [2.05, 4.69) is 48.3 Å². The van der Waals surface area contributed by atoms with Gasteiger partial charge in [-0.3, -0.25) is 0 Å². The molecule has 4 rings (SSSR count). The molecule has 0 saturated heterocycles. The predicted molar refractivity (Wildman–Crippen MR) is 143 cm³/mol. The average Bonchev–Trinajstić information content (AvgIpc) is 2.88. The molecule has 0 radical (unpaired) electrons. The molecule has 7 heteroatoms. The molecule has 0 saturated carbocycles. The van der Waals surface area contributed by atoms with Crippen LogP contribution in [0.3, 0.4) is 0 Å². The molecule has 3 aromatic rings. The molecule has 0 unspecified atom stereocenters. The monoisotopic (exact) mass is 492 g/mol. The zero-order chi connectivity index (χ0) is 24.9. The minimum Gasteiger partial charge on any atom is -0.497 e. The fraction of sp³-hybridized carbons (Fsp3) is 0.321. The van der Waals surface area contributed by atoms with Crippen LogP contribution < -0.4 is 24.3 Å². The number of thiocarbonyl (C=S) groups is 1. The molecular weight excluding hydrogens is 460 g/mol. The molecule has 0 spiro atoms. The maximum atomic E-state index is 6.25. The third-order valence-electron chi connectivity index (χ3n) is 6.37. The number of rotatable bonds is 7. The fourth-order valence-electron chi connectivity index (χ4n) is 4.36. The van der Waals surface area contributed by atoms with Gasteiger partial charge >= 0.3 is 0 Å². The molecule has 1 aliphatic rings. The van der Waals surface area contributed by atoms with Gasteiger partial charge in [0.25, 0.3) is 0 Å². The number of anilines is 1. The summed E-state index contributed by atoms with van der Waals surface area (Å²) in [5.74, 6) is 2.98. The molecule has 0 fully saturated rings. The predicted octanol–water partition coefficient (Wildman–Crippen LogP) is 5.70. The van der Waals surface area contributed by atoms with Crippen LogP contribution in [0.5, 0.6) is 23.0 Å². The molecule has 6 nitrogen and oxygen atoms in total. The Morgan fingerprint density at radius 2 is 1.60 bits per heavy atom. The van der Waals surface area contributed by atoms with Crippen molar-refractivity contribution in [2.24, 2.45) is 0 Å². The lowest BCUT2D eigenvalue weighted by Gasteiger charge is -2.39. The lowest BCUT2D eigenvalue weighted by Crippen LogP contribution is -2.44. The highest BCUT2D eigenvalue weighted by atomic mass is 32.1. The SMILES string of the molecule is COc1ccc(OC[C@@H]2c3cc(OC)c(OC)cc3CCN2C(=S)Nc2cc(C)ccc2C)cc1. The Balaban J connectivity index is 1.65. The second-order valence-electron chi connectivity index (χ2n) is 8.60. The Labute approximate surface area is 212 Å². The van der Waals surface area contributed by atoms with Crippen LogP contribution in [0.2, 0.25) is 0 Å². The van der Waals surface area contributed by atoms with E-state index in [1.807, 2.05) is 30.3 Å². The third kappa shape index (κ3) is 5.46. The number of nitrogens with zero attached hydrogens (tertiary/aromatic N) is 1. The van der Waals surface area contributed by atoms with Crippen LogP contribution in [0, 0.1) is 13.8 Å². The Bertz CT molecular complexity index is 1200. The minimum atomic E-state index is -0.106. The highest BCUT2D eigenvalue weighted by molar-refractivity contribution is 7.80. The maximum Gasteiger partial charge on any atom is 0.174 e. The van der Waals surface area contributed by atoms with Crippen molar-refractivity contribution < 1.29 is 18.9 Å². The zero-order valence-corrected chi connectivity index (χ0v) is 21.7. The highest BCUT2D eigenvalue weighted by Crippen LogP contribution is 2.39. The van der Waals surface area contributed by atoms with Gasteiger partial charge in [0.05, 0.1) is 27.4 Å². The van der Waals surface area contributed by atoms with E-state index >= 15 is 0 Å². The van der Waals surface area contributed by atoms with Crippen molar-refractivity contribution in [2.75, 3.05) is 39.8 Å². The van der Waals surface area contributed by atoms with E-state index in [0.29, 0.717) is 17.5 Å². The number of aryl methyl sites for hydroxylation is 2. The molecule has 1 N–H and O–H groups in total. The van der Waals surface area contributed by atoms with Gasteiger partial charge in [0.15, 0.2) is 16.6 Å². The summed E-state index contributed by atoms with van der Waals surface area (Å²) in [6.07, 6.45) is 0.837. The Morgan fingerprint density at radius 1 is 0.914 bits per heavy atom. The Morgan fingerprint density at radius 3 is 2.29 bits per heavy atom. The first-order valence-corrected chi connectivity index (χ1v) is 12.0. The van der Waals surface area contributed by atoms with Crippen molar-refractivity contribution in [1.82, 2.24) is 4.90 Å². The van der Waals surface area contributed by atoms with Gasteiger partial charge in [-0.15, -0.1) is 0 Å². The number of methoxy groups -OCH3 is 3. The molecule has 35 heavy (non-hydrogen) atoms. The normalized spacial score (nSPS) is 14.7. The summed E-state index contributed by atoms with van der Waals surface area (Å²) < 4.78 is 22.7. The topological polar surface area (TPSA) is 52.2 Å². The summed E-state index contributed by atoms with van der Waals surface area (Å²) in [6, 6.07) is 17.9. The van der Waals surface area contributed by atoms with Gasteiger partial charge in [-0.2, -0.15) is 0 Å². The van der Waals surface area contributed by atoms with Gasteiger partial charge in [0, 0.05) is 12.2 Å². The summed E-state index contributed by atoms with van der Waals surface area (Å²) in [6.45, 7) is 5.34. The van der Waals surface area contributed by atoms with E-state index in [4.69, 9.17) is 31.2 Å². The second-order valence-corrected chi connectivity index (χ2v) is 8.99. The minimum absolute atomic E-state index is 0.106. The van der Waals surface area contributed by atoms with E-state index in [-0.39, 0.29) is 6.04 Å². The lowest BCUT2D eigenvalue weighted by atomic mass is 9.92. The van der Waals surface area contributed by atoms with Crippen LogP contribution in [0.4, 0.5) is 5.69 Å². The Hall–Kier alpha value is -3.45. The molecule has 0 amide bonds. The van der Waals surface area contributed by atoms with E-state index < -0.39 is 0 Å². The smallest absolute Gasteiger partial charge is 0.174 e. The molecule has 0 bridgehead atoms. The van der Waals surface area contributed by atoms with Crippen LogP contribution >= 0.6 is 12.2 Å². The molecule has 0 aromatic heterocycles. The number of benzene rings is 3. The van der Waals surface area contributed by atoms with Gasteiger partial charge in [-0.25, -0.2) is 0 Å². The van der Waals surface area contributed by atoms with Crippen molar-refractivity contribution in [2.45, 2.75) is 26.3 Å². The van der Waals surface area contributed by atoms with Crippen LogP contribution in [0.25, 0.3) is 0 Å². The van der Waals surface area contributed by atoms with Crippen LogP contribution in [0.1, 0.15) is 28.3 Å². The molecule has 0 aliphatic carbocycles. The van der Waals surface area contributed by atoms with E-state index in [9.17, 15) is 0 Å². The zero-order valence-electron chi connectivity index (χ0n) is 20.9. The molecule has 1 heterocycles. The van der Waals surface area contributed by atoms with Crippen LogP contribution in [-0.2, 0) is 6.42 Å². The summed E-state index contributed by atoms with van der Waals surface area (Å²) in [4.78, 5) is 2.20. The van der Waals surface area contributed by atoms with Crippen LogP contribution in [0.15, 0.2) is 54.6 Å². The van der Waals surface area contributed by atoms with Gasteiger partial charge < -0.3 is 29.2 Å². The number of hydrogen-bond donors (Lipinski definition) is 1. The first-order chi connectivity index (χ1) is 16.9. The summed E-state index contributed by atoms with van der Waals surface area (Å²) >= 11 is 5.93. The van der Waals surface area contributed by atoms with Gasteiger partial charge in [0.1, 0.15) is 18.1 Å². The second kappa shape index (κ2) is 10.9. The van der Waals surface area contributed by atoms with Crippen molar-refractivity contribution in [3.05, 3.63) is 76.9 Å². The van der Waals surface area contributed by atoms with E-state index in [1.165, 1.54) is 11.1 Å². The van der Waals surface area contributed by atoms with Gasteiger partial charge in [0.2, 0.25) is 0 Å². The average molecular weight is 493 g/mol. The number of nitrogens with one attached hydrogen (secondary N) is 1. The van der Waals surface area contributed by atoms with Crippen molar-refractivity contribution in [3.8, 4) is 23.0 Å². The van der Waals surface area contributed by atoms with E-state index in [0.717, 1.165) is 47.0 Å². The first-order valence-electron chi connectivity index (χ1n) is 11.6. The maximum absolute atomic E-state index is 6.25. The number of fused-ring (bicyclic) bond motifs is 1. The lowest BCUT2D eigenvalue weighted by molar-refractivity contribution is 0.190. The summed E-state index contributed by atoms with van der Waals surface area (Å²) in [5, 5.41) is 4.14. The first kappa shape index (κ1) is 24.7. The summed E-state index contributed by atoms with van der Waals surface area (Å²) in [5.41, 5.74) is 5.67. The third-order valence-corrected chi connectivity index (χ3v) is 6.70. The molecule has 1 aliphatic heterocycles. The van der Waals surface area contributed by atoms with Crippen molar-refractivity contribution in [3.63, 3.8) is 0 Å². The largest absolute Gasteiger partial charge is 0.497 e. The van der Waals surface area contributed by atoms with Crippen molar-refractivity contribution in [1.29, 1.82) is 0 Å². The highest BCUT2D eigenvalue weighted by Gasteiger charge is 2.31. The molecule has 184 valence electrons. The number of ether oxygens (including phenoxy) is 4. The van der Waals surface area contributed by atoms with E-state index in [1.54, 1.807) is 21.3 Å². The number of hydrogen-bond acceptors (Lipinski definition) is 5. The van der Waals surface area contributed by atoms with Gasteiger partial charge in [-0.1, -0.05) is 12.1 Å². The quantitative estimate of drug-likeness (QED) is 0.424. The standard InChI is InChI=1S/C28H32N2O4S/c1-18-6-7-19(2)24(14-18)29-28(35)30-13-12-20-15-26(32-4)27(33-5)16-23(20)25(30)17-34-22-10-8-21(31-3)9-11-22/h6-11,14-16,25H,12-13,17H2,1-5H3,(H,29,35)/t25-/m1/s1.